The summed E-state index contributed by atoms with van der Waals surface area (Å²) in [6.07, 6.45) is 8.89. The Labute approximate surface area is 167 Å². The second kappa shape index (κ2) is 6.78. The first-order valence-electron chi connectivity index (χ1n) is 10.8. The summed E-state index contributed by atoms with van der Waals surface area (Å²) in [7, 11) is 0. The summed E-state index contributed by atoms with van der Waals surface area (Å²) in [6.45, 7) is 9.39. The quantitative estimate of drug-likeness (QED) is 0.826. The van der Waals surface area contributed by atoms with Crippen LogP contribution in [0.2, 0.25) is 0 Å². The Morgan fingerprint density at radius 1 is 1.21 bits per heavy atom. The zero-order valence-corrected chi connectivity index (χ0v) is 17.4. The molecule has 1 aliphatic heterocycles. The van der Waals surface area contributed by atoms with E-state index in [0.717, 1.165) is 31.0 Å². The molecule has 28 heavy (non-hydrogen) atoms. The summed E-state index contributed by atoms with van der Waals surface area (Å²) >= 11 is 0. The van der Waals surface area contributed by atoms with Crippen LogP contribution in [0.1, 0.15) is 58.7 Å². The number of rotatable bonds is 6. The highest BCUT2D eigenvalue weighted by Crippen LogP contribution is 2.47. The molecule has 2 aromatic rings. The summed E-state index contributed by atoms with van der Waals surface area (Å²) < 4.78 is 15.0. The lowest BCUT2D eigenvalue weighted by Crippen LogP contribution is -2.35. The zero-order valence-electron chi connectivity index (χ0n) is 17.4. The number of aromatic nitrogens is 3. The van der Waals surface area contributed by atoms with Gasteiger partial charge in [-0.25, -0.2) is 9.97 Å². The highest BCUT2D eigenvalue weighted by Gasteiger charge is 2.54. The zero-order chi connectivity index (χ0) is 19.5. The minimum absolute atomic E-state index is 0.0615. The maximum atomic E-state index is 6.39. The summed E-state index contributed by atoms with van der Waals surface area (Å²) in [4.78, 5) is 9.25. The second-order valence-electron chi connectivity index (χ2n) is 9.62. The third kappa shape index (κ3) is 3.36. The van der Waals surface area contributed by atoms with Crippen molar-refractivity contribution in [2.75, 3.05) is 6.54 Å². The molecule has 0 bridgehead atoms. The second-order valence-corrected chi connectivity index (χ2v) is 9.62. The van der Waals surface area contributed by atoms with Gasteiger partial charge in [0.1, 0.15) is 18.1 Å². The maximum Gasteiger partial charge on any atom is 0.163 e. The molecular formula is C22H32N4O2. The van der Waals surface area contributed by atoms with Crippen LogP contribution in [0.25, 0.3) is 11.0 Å². The van der Waals surface area contributed by atoms with E-state index in [0.29, 0.717) is 12.0 Å². The van der Waals surface area contributed by atoms with Crippen molar-refractivity contribution < 1.29 is 9.47 Å². The highest BCUT2D eigenvalue weighted by molar-refractivity contribution is 5.78. The van der Waals surface area contributed by atoms with E-state index in [4.69, 9.17) is 9.47 Å². The Hall–Kier alpha value is -1.50. The number of nitrogens with one attached hydrogen (secondary N) is 1. The van der Waals surface area contributed by atoms with Gasteiger partial charge in [0.15, 0.2) is 5.79 Å². The molecule has 2 aromatic heterocycles. The van der Waals surface area contributed by atoms with Crippen LogP contribution in [0.5, 0.6) is 0 Å². The molecule has 1 saturated heterocycles. The fourth-order valence-electron chi connectivity index (χ4n) is 4.97. The average molecular weight is 385 g/mol. The molecule has 3 aliphatic rings. The van der Waals surface area contributed by atoms with Gasteiger partial charge >= 0.3 is 0 Å². The maximum absolute atomic E-state index is 6.39. The van der Waals surface area contributed by atoms with E-state index < -0.39 is 5.79 Å². The molecule has 3 heterocycles. The van der Waals surface area contributed by atoms with E-state index >= 15 is 0 Å². The van der Waals surface area contributed by atoms with Crippen LogP contribution >= 0.6 is 0 Å². The van der Waals surface area contributed by atoms with Crippen molar-refractivity contribution in [1.29, 1.82) is 0 Å². The van der Waals surface area contributed by atoms with E-state index in [2.05, 4.69) is 46.0 Å². The Bertz CT molecular complexity index is 857. The van der Waals surface area contributed by atoms with E-state index in [9.17, 15) is 0 Å². The van der Waals surface area contributed by atoms with Crippen molar-refractivity contribution >= 4 is 11.0 Å². The van der Waals surface area contributed by atoms with Crippen LogP contribution in [0.15, 0.2) is 18.6 Å². The van der Waals surface area contributed by atoms with Crippen molar-refractivity contribution in [3.63, 3.8) is 0 Å². The number of nitrogens with zero attached hydrogens (tertiary/aromatic N) is 3. The van der Waals surface area contributed by atoms with Crippen molar-refractivity contribution in [2.45, 2.75) is 83.5 Å². The molecule has 3 fully saturated rings. The molecule has 0 amide bonds. The van der Waals surface area contributed by atoms with E-state index in [1.54, 1.807) is 6.33 Å². The summed E-state index contributed by atoms with van der Waals surface area (Å²) in [5.41, 5.74) is 2.24. The SMILES string of the molecule is CC(C)NC[C@H]1C[C@@H](n2ccc3c(CC4CC4)ncnc32)[C@@H]2OC(C)(C)O[C@H]12. The molecule has 4 atom stereocenters. The molecule has 0 unspecified atom stereocenters. The molecule has 6 heteroatoms. The molecule has 2 saturated carbocycles. The molecule has 2 aliphatic carbocycles. The molecular weight excluding hydrogens is 352 g/mol. The molecule has 6 nitrogen and oxygen atoms in total. The predicted octanol–water partition coefficient (Wildman–Crippen LogP) is 3.46. The van der Waals surface area contributed by atoms with Gasteiger partial charge in [0.05, 0.1) is 17.8 Å². The Morgan fingerprint density at radius 2 is 2.00 bits per heavy atom. The topological polar surface area (TPSA) is 61.2 Å². The average Bonchev–Trinajstić information content (AvgIpc) is 3.11. The van der Waals surface area contributed by atoms with E-state index in [-0.39, 0.29) is 18.2 Å². The Balaban J connectivity index is 1.46. The third-order valence-electron chi connectivity index (χ3n) is 6.47. The lowest BCUT2D eigenvalue weighted by Gasteiger charge is -2.25. The largest absolute Gasteiger partial charge is 0.344 e. The van der Waals surface area contributed by atoms with Crippen LogP contribution in [0.3, 0.4) is 0 Å². The normalized spacial score (nSPS) is 31.8. The fraction of sp³-hybridized carbons (Fsp3) is 0.727. The van der Waals surface area contributed by atoms with Crippen LogP contribution < -0.4 is 5.32 Å². The minimum atomic E-state index is -0.529. The van der Waals surface area contributed by atoms with Crippen molar-refractivity contribution in [3.8, 4) is 0 Å². The van der Waals surface area contributed by atoms with Gasteiger partial charge in [-0.2, -0.15) is 0 Å². The minimum Gasteiger partial charge on any atom is -0.344 e. The number of hydrogen-bond donors (Lipinski definition) is 1. The molecule has 0 spiro atoms. The van der Waals surface area contributed by atoms with Gasteiger partial charge in [-0.3, -0.25) is 0 Å². The molecule has 152 valence electrons. The predicted molar refractivity (Wildman–Crippen MR) is 108 cm³/mol. The number of ether oxygens (including phenoxy) is 2. The molecule has 1 N–H and O–H groups in total. The summed E-state index contributed by atoms with van der Waals surface area (Å²) in [5, 5.41) is 4.80. The van der Waals surface area contributed by atoms with Crippen molar-refractivity contribution in [3.05, 3.63) is 24.3 Å². The Kier molecular flexibility index (Phi) is 4.49. The highest BCUT2D eigenvalue weighted by atomic mass is 16.8. The van der Waals surface area contributed by atoms with Gasteiger partial charge in [0.25, 0.3) is 0 Å². The van der Waals surface area contributed by atoms with Crippen molar-refractivity contribution in [2.24, 2.45) is 11.8 Å². The third-order valence-corrected chi connectivity index (χ3v) is 6.47. The van der Waals surface area contributed by atoms with Crippen LogP contribution in [0.4, 0.5) is 0 Å². The van der Waals surface area contributed by atoms with Crippen LogP contribution in [0, 0.1) is 11.8 Å². The summed E-state index contributed by atoms with van der Waals surface area (Å²) in [6, 6.07) is 2.91. The monoisotopic (exact) mass is 384 g/mol. The Morgan fingerprint density at radius 3 is 2.75 bits per heavy atom. The van der Waals surface area contributed by atoms with Gasteiger partial charge in [0.2, 0.25) is 0 Å². The first kappa shape index (κ1) is 18.5. The molecule has 0 aromatic carbocycles. The molecule has 5 rings (SSSR count). The van der Waals surface area contributed by atoms with Gasteiger partial charge in [-0.05, 0) is 51.5 Å². The van der Waals surface area contributed by atoms with Crippen LogP contribution in [-0.4, -0.2) is 45.1 Å². The van der Waals surface area contributed by atoms with E-state index in [1.807, 2.05) is 13.8 Å². The van der Waals surface area contributed by atoms with Gasteiger partial charge in [-0.15, -0.1) is 0 Å². The lowest BCUT2D eigenvalue weighted by atomic mass is 10.1. The van der Waals surface area contributed by atoms with Gasteiger partial charge < -0.3 is 19.4 Å². The standard InChI is InChI=1S/C22H32N4O2/c1-13(2)23-11-15-10-18(20-19(15)27-22(3,4)28-20)26-8-7-16-17(9-14-5-6-14)24-12-25-21(16)26/h7-8,12-15,18-20,23H,5-6,9-11H2,1-4H3/t15-,18-,19-,20+/m1/s1. The number of fused-ring (bicyclic) bond motifs is 2. The van der Waals surface area contributed by atoms with Crippen LogP contribution in [-0.2, 0) is 15.9 Å². The number of hydrogen-bond acceptors (Lipinski definition) is 5. The lowest BCUT2D eigenvalue weighted by molar-refractivity contribution is -0.160. The van der Waals surface area contributed by atoms with E-state index in [1.165, 1.54) is 23.9 Å². The first-order valence-corrected chi connectivity index (χ1v) is 10.8. The molecule has 0 radical (unpaired) electrons. The first-order chi connectivity index (χ1) is 13.4. The smallest absolute Gasteiger partial charge is 0.163 e. The fourth-order valence-corrected chi connectivity index (χ4v) is 4.97. The summed E-state index contributed by atoms with van der Waals surface area (Å²) in [5.74, 6) is 0.722. The van der Waals surface area contributed by atoms with Gasteiger partial charge in [-0.1, -0.05) is 13.8 Å². The van der Waals surface area contributed by atoms with Gasteiger partial charge in [0, 0.05) is 30.1 Å². The van der Waals surface area contributed by atoms with Crippen molar-refractivity contribution in [1.82, 2.24) is 19.9 Å².